The minimum absolute atomic E-state index is 0.251. The van der Waals surface area contributed by atoms with E-state index in [-0.39, 0.29) is 12.4 Å². The van der Waals surface area contributed by atoms with Crippen LogP contribution in [0.25, 0.3) is 0 Å². The molecule has 0 aromatic rings. The molecule has 0 aromatic heterocycles. The van der Waals surface area contributed by atoms with Gasteiger partial charge < -0.3 is 66.3 Å². The molecule has 0 aromatic carbocycles. The quantitative estimate of drug-likeness (QED) is 0.0638. The third-order valence-electron chi connectivity index (χ3n) is 7.36. The zero-order valence-electron chi connectivity index (χ0n) is 34.1. The molecule has 0 atom stereocenters. The second kappa shape index (κ2) is 50.0. The summed E-state index contributed by atoms with van der Waals surface area (Å²) in [4.78, 5) is 11.2. The van der Waals surface area contributed by atoms with Gasteiger partial charge in [-0.3, -0.25) is 4.79 Å². The van der Waals surface area contributed by atoms with Crippen molar-refractivity contribution in [3.05, 3.63) is 0 Å². The van der Waals surface area contributed by atoms with Gasteiger partial charge in [0.25, 0.3) is 0 Å². The maximum Gasteiger partial charge on any atom is 0.308 e. The van der Waals surface area contributed by atoms with Crippen LogP contribution in [-0.2, 0) is 71.1 Å². The molecule has 0 heterocycles. The first kappa shape index (κ1) is 53.0. The second-order valence-corrected chi connectivity index (χ2v) is 12.0. The van der Waals surface area contributed by atoms with Crippen molar-refractivity contribution in [1.29, 1.82) is 0 Å². The van der Waals surface area contributed by atoms with E-state index in [1.807, 2.05) is 0 Å². The van der Waals surface area contributed by atoms with Gasteiger partial charge >= 0.3 is 5.97 Å². The van der Waals surface area contributed by atoms with Gasteiger partial charge in [0.2, 0.25) is 0 Å². The maximum atomic E-state index is 11.2. The lowest BCUT2D eigenvalue weighted by Crippen LogP contribution is -2.15. The molecule has 0 rings (SSSR count). The van der Waals surface area contributed by atoms with Crippen LogP contribution >= 0.6 is 0 Å². The summed E-state index contributed by atoms with van der Waals surface area (Å²) in [6.45, 7) is 17.9. The van der Waals surface area contributed by atoms with E-state index >= 15 is 0 Å². The minimum atomic E-state index is -0.251. The van der Waals surface area contributed by atoms with Crippen molar-refractivity contribution in [2.24, 2.45) is 0 Å². The van der Waals surface area contributed by atoms with Crippen LogP contribution in [-0.4, -0.2) is 184 Å². The Labute approximate surface area is 326 Å². The second-order valence-electron chi connectivity index (χ2n) is 12.0. The van der Waals surface area contributed by atoms with Gasteiger partial charge in [-0.15, -0.1) is 0 Å². The van der Waals surface area contributed by atoms with Crippen molar-refractivity contribution >= 4 is 5.97 Å². The highest BCUT2D eigenvalue weighted by Gasteiger charge is 2.01. The van der Waals surface area contributed by atoms with Crippen molar-refractivity contribution in [2.45, 2.75) is 71.6 Å². The summed E-state index contributed by atoms with van der Waals surface area (Å²) in [5, 5.41) is 0. The van der Waals surface area contributed by atoms with E-state index in [0.717, 1.165) is 13.0 Å². The van der Waals surface area contributed by atoms with Crippen LogP contribution in [0.5, 0.6) is 0 Å². The Morgan fingerprint density at radius 3 is 0.759 bits per heavy atom. The molecule has 0 bridgehead atoms. The summed E-state index contributed by atoms with van der Waals surface area (Å²) in [6.07, 6.45) is 10.8. The Kier molecular flexibility index (Phi) is 49.0. The molecule has 15 heteroatoms. The molecule has 0 aliphatic carbocycles. The van der Waals surface area contributed by atoms with Crippen molar-refractivity contribution in [3.8, 4) is 0 Å². The van der Waals surface area contributed by atoms with Crippen molar-refractivity contribution in [3.63, 3.8) is 0 Å². The number of carbonyl (C=O) groups is 1. The molecule has 0 radical (unpaired) electrons. The first-order valence-electron chi connectivity index (χ1n) is 20.5. The molecule has 0 saturated carbocycles. The van der Waals surface area contributed by atoms with Crippen molar-refractivity contribution in [2.75, 3.05) is 178 Å². The van der Waals surface area contributed by atoms with Crippen LogP contribution in [0.15, 0.2) is 0 Å². The Balaban J connectivity index is 3.06. The molecule has 0 aliphatic rings. The summed E-state index contributed by atoms with van der Waals surface area (Å²) in [7, 11) is 0. The number of hydrogen-bond donors (Lipinski definition) is 0. The number of rotatable bonds is 49. The molecule has 15 nitrogen and oxygen atoms in total. The van der Waals surface area contributed by atoms with Crippen molar-refractivity contribution < 1.29 is 71.1 Å². The van der Waals surface area contributed by atoms with Crippen LogP contribution in [0, 0.1) is 0 Å². The van der Waals surface area contributed by atoms with E-state index in [2.05, 4.69) is 6.92 Å². The number of hydrogen-bond acceptors (Lipinski definition) is 15. The number of carbonyl (C=O) groups excluding carboxylic acids is 1. The SMILES string of the molecule is CCCCCCCCCCOCCOCCOCCOCCOCCOCCOCCOCCOCCOCCOCCOCCOCCC(=O)OCC. The van der Waals surface area contributed by atoms with E-state index in [1.165, 1.54) is 44.9 Å². The summed E-state index contributed by atoms with van der Waals surface area (Å²) < 4.78 is 76.1. The Morgan fingerprint density at radius 2 is 0.500 bits per heavy atom. The Bertz CT molecular complexity index is 692. The van der Waals surface area contributed by atoms with E-state index < -0.39 is 0 Å². The molecule has 0 spiro atoms. The molecule has 0 unspecified atom stereocenters. The highest BCUT2D eigenvalue weighted by molar-refractivity contribution is 5.69. The largest absolute Gasteiger partial charge is 0.466 e. The number of ether oxygens (including phenoxy) is 14. The molecule has 0 N–H and O–H groups in total. The standard InChI is InChI=1S/C39H78O15/c1-3-5-6-7-8-9-10-11-13-41-15-17-43-19-21-45-23-25-47-27-29-49-31-33-51-35-37-53-38-36-52-34-32-50-30-28-48-26-24-46-22-20-44-18-16-42-14-12-39(40)54-4-2/h3-38H2,1-2H3. The molecule has 0 aliphatic heterocycles. The third-order valence-corrected chi connectivity index (χ3v) is 7.36. The molecular weight excluding hydrogens is 708 g/mol. The summed E-state index contributed by atoms with van der Waals surface area (Å²) in [5.74, 6) is -0.251. The fourth-order valence-electron chi connectivity index (χ4n) is 4.47. The molecule has 0 fully saturated rings. The minimum Gasteiger partial charge on any atom is -0.466 e. The third kappa shape index (κ3) is 49.0. The predicted molar refractivity (Wildman–Crippen MR) is 205 cm³/mol. The fraction of sp³-hybridized carbons (Fsp3) is 0.974. The Hall–Kier alpha value is -1.05. The molecule has 54 heavy (non-hydrogen) atoms. The lowest BCUT2D eigenvalue weighted by Gasteiger charge is -2.09. The van der Waals surface area contributed by atoms with Crippen LogP contribution in [0.3, 0.4) is 0 Å². The van der Waals surface area contributed by atoms with E-state index in [9.17, 15) is 4.79 Å². The normalized spacial score (nSPS) is 11.5. The number of esters is 1. The van der Waals surface area contributed by atoms with Gasteiger partial charge in [-0.25, -0.2) is 0 Å². The van der Waals surface area contributed by atoms with Gasteiger partial charge in [-0.05, 0) is 13.3 Å². The monoisotopic (exact) mass is 787 g/mol. The lowest BCUT2D eigenvalue weighted by atomic mass is 10.1. The zero-order chi connectivity index (χ0) is 38.9. The van der Waals surface area contributed by atoms with E-state index in [0.29, 0.717) is 172 Å². The summed E-state index contributed by atoms with van der Waals surface area (Å²) in [6, 6.07) is 0. The first-order valence-corrected chi connectivity index (χ1v) is 20.5. The van der Waals surface area contributed by atoms with E-state index in [4.69, 9.17) is 66.3 Å². The molecule has 324 valence electrons. The average Bonchev–Trinajstić information content (AvgIpc) is 3.17. The van der Waals surface area contributed by atoms with Crippen LogP contribution < -0.4 is 0 Å². The van der Waals surface area contributed by atoms with Crippen molar-refractivity contribution in [1.82, 2.24) is 0 Å². The van der Waals surface area contributed by atoms with Crippen LogP contribution in [0.2, 0.25) is 0 Å². The van der Waals surface area contributed by atoms with Gasteiger partial charge in [-0.1, -0.05) is 51.9 Å². The highest BCUT2D eigenvalue weighted by atomic mass is 16.6. The lowest BCUT2D eigenvalue weighted by molar-refractivity contribution is -0.144. The van der Waals surface area contributed by atoms with Gasteiger partial charge in [0, 0.05) is 6.61 Å². The average molecular weight is 787 g/mol. The Morgan fingerprint density at radius 1 is 0.278 bits per heavy atom. The van der Waals surface area contributed by atoms with Crippen LogP contribution in [0.4, 0.5) is 0 Å². The maximum absolute atomic E-state index is 11.2. The molecule has 0 amide bonds. The highest BCUT2D eigenvalue weighted by Crippen LogP contribution is 2.08. The van der Waals surface area contributed by atoms with Gasteiger partial charge in [-0.2, -0.15) is 0 Å². The summed E-state index contributed by atoms with van der Waals surface area (Å²) in [5.41, 5.74) is 0. The van der Waals surface area contributed by atoms with Gasteiger partial charge in [0.05, 0.1) is 178 Å². The molecule has 0 saturated heterocycles. The predicted octanol–water partition coefficient (Wildman–Crippen LogP) is 4.30. The van der Waals surface area contributed by atoms with Gasteiger partial charge in [0.1, 0.15) is 0 Å². The topological polar surface area (TPSA) is 146 Å². The summed E-state index contributed by atoms with van der Waals surface area (Å²) >= 11 is 0. The smallest absolute Gasteiger partial charge is 0.308 e. The van der Waals surface area contributed by atoms with Gasteiger partial charge in [0.15, 0.2) is 0 Å². The van der Waals surface area contributed by atoms with Crippen LogP contribution in [0.1, 0.15) is 71.6 Å². The van der Waals surface area contributed by atoms with E-state index in [1.54, 1.807) is 6.92 Å². The zero-order valence-corrected chi connectivity index (χ0v) is 34.1. The fourth-order valence-corrected chi connectivity index (χ4v) is 4.47. The first-order chi connectivity index (χ1) is 26.8. The molecular formula is C39H78O15. The number of unbranched alkanes of at least 4 members (excludes halogenated alkanes) is 7.